The van der Waals surface area contributed by atoms with Crippen LogP contribution in [0.3, 0.4) is 0 Å². The van der Waals surface area contributed by atoms with E-state index in [0.29, 0.717) is 18.4 Å². The van der Waals surface area contributed by atoms with Crippen LogP contribution in [0.1, 0.15) is 5.56 Å². The molecule has 0 fully saturated rings. The van der Waals surface area contributed by atoms with Gasteiger partial charge in [-0.1, -0.05) is 18.2 Å². The Kier molecular flexibility index (Phi) is 4.74. The molecule has 1 aromatic carbocycles. The van der Waals surface area contributed by atoms with E-state index in [1.54, 1.807) is 24.8 Å². The van der Waals surface area contributed by atoms with Gasteiger partial charge >= 0.3 is 6.01 Å². The number of hydrogen-bond acceptors (Lipinski definition) is 5. The zero-order valence-electron chi connectivity index (χ0n) is 11.3. The highest BCUT2D eigenvalue weighted by atomic mass is 79.9. The molecule has 0 spiro atoms. The Morgan fingerprint density at radius 1 is 0.864 bits per heavy atom. The van der Waals surface area contributed by atoms with E-state index in [2.05, 4.69) is 51.8 Å². The molecule has 2 aromatic heterocycles. The highest BCUT2D eigenvalue weighted by Crippen LogP contribution is 2.18. The number of rotatable bonds is 4. The van der Waals surface area contributed by atoms with Gasteiger partial charge in [0, 0.05) is 30.4 Å². The van der Waals surface area contributed by atoms with E-state index < -0.39 is 0 Å². The molecule has 0 radical (unpaired) electrons. The van der Waals surface area contributed by atoms with Crippen molar-refractivity contribution in [2.45, 2.75) is 6.61 Å². The quantitative estimate of drug-likeness (QED) is 0.636. The van der Waals surface area contributed by atoms with Gasteiger partial charge in [0.2, 0.25) is 0 Å². The Hall–Kier alpha value is -1.86. The summed E-state index contributed by atoms with van der Waals surface area (Å²) in [5.74, 6) is 0.671. The molecule has 0 aliphatic rings. The molecule has 22 heavy (non-hydrogen) atoms. The first-order valence-electron chi connectivity index (χ1n) is 6.38. The van der Waals surface area contributed by atoms with Crippen LogP contribution in [0.15, 0.2) is 58.0 Å². The molecular weight excluding hydrogens is 412 g/mol. The maximum absolute atomic E-state index is 5.57. The van der Waals surface area contributed by atoms with Crippen molar-refractivity contribution in [1.82, 2.24) is 19.9 Å². The molecule has 7 heteroatoms. The second-order valence-corrected chi connectivity index (χ2v) is 6.23. The van der Waals surface area contributed by atoms with Crippen LogP contribution >= 0.6 is 31.9 Å². The lowest BCUT2D eigenvalue weighted by molar-refractivity contribution is 0.280. The van der Waals surface area contributed by atoms with E-state index in [4.69, 9.17) is 4.74 Å². The van der Waals surface area contributed by atoms with Gasteiger partial charge in [-0.3, -0.25) is 0 Å². The van der Waals surface area contributed by atoms with Crippen LogP contribution in [0.25, 0.3) is 11.4 Å². The van der Waals surface area contributed by atoms with Gasteiger partial charge in [0.1, 0.15) is 6.61 Å². The first-order valence-corrected chi connectivity index (χ1v) is 7.96. The van der Waals surface area contributed by atoms with Crippen LogP contribution in [0.2, 0.25) is 0 Å². The lowest BCUT2D eigenvalue weighted by Crippen LogP contribution is -1.99. The summed E-state index contributed by atoms with van der Waals surface area (Å²) < 4.78 is 7.23. The summed E-state index contributed by atoms with van der Waals surface area (Å²) in [5.41, 5.74) is 1.93. The monoisotopic (exact) mass is 420 g/mol. The summed E-state index contributed by atoms with van der Waals surface area (Å²) in [6.07, 6.45) is 6.74. The topological polar surface area (TPSA) is 60.8 Å². The van der Waals surface area contributed by atoms with E-state index in [9.17, 15) is 0 Å². The SMILES string of the molecule is Brc1cnc(OCc2cccc(-c3ncc(Br)cn3)c2)nc1. The number of hydrogen-bond donors (Lipinski definition) is 0. The Morgan fingerprint density at radius 3 is 2.18 bits per heavy atom. The van der Waals surface area contributed by atoms with E-state index in [1.165, 1.54) is 0 Å². The maximum atomic E-state index is 5.57. The number of aromatic nitrogens is 4. The zero-order valence-corrected chi connectivity index (χ0v) is 14.5. The minimum absolute atomic E-state index is 0.341. The second kappa shape index (κ2) is 6.93. The fraction of sp³-hybridized carbons (Fsp3) is 0.0667. The molecule has 2 heterocycles. The van der Waals surface area contributed by atoms with E-state index in [0.717, 1.165) is 20.1 Å². The second-order valence-electron chi connectivity index (χ2n) is 4.40. The van der Waals surface area contributed by atoms with Crippen molar-refractivity contribution in [2.75, 3.05) is 0 Å². The van der Waals surface area contributed by atoms with Gasteiger partial charge in [0.05, 0.1) is 8.95 Å². The zero-order chi connectivity index (χ0) is 15.4. The largest absolute Gasteiger partial charge is 0.459 e. The average Bonchev–Trinajstić information content (AvgIpc) is 2.55. The van der Waals surface area contributed by atoms with Crippen molar-refractivity contribution < 1.29 is 4.74 Å². The van der Waals surface area contributed by atoms with Crippen LogP contribution in [0, 0.1) is 0 Å². The summed E-state index contributed by atoms with van der Waals surface area (Å²) in [5, 5.41) is 0. The summed E-state index contributed by atoms with van der Waals surface area (Å²) in [4.78, 5) is 16.7. The van der Waals surface area contributed by atoms with Crippen molar-refractivity contribution in [1.29, 1.82) is 0 Å². The first-order chi connectivity index (χ1) is 10.7. The van der Waals surface area contributed by atoms with Crippen molar-refractivity contribution in [3.63, 3.8) is 0 Å². The third-order valence-corrected chi connectivity index (χ3v) is 3.59. The highest BCUT2D eigenvalue weighted by Gasteiger charge is 2.04. The molecule has 0 aliphatic heterocycles. The Morgan fingerprint density at radius 2 is 1.50 bits per heavy atom. The molecule has 0 bridgehead atoms. The maximum Gasteiger partial charge on any atom is 0.316 e. The molecule has 0 amide bonds. The van der Waals surface area contributed by atoms with Crippen molar-refractivity contribution in [3.8, 4) is 17.4 Å². The summed E-state index contributed by atoms with van der Waals surface area (Å²) in [7, 11) is 0. The third kappa shape index (κ3) is 3.86. The van der Waals surface area contributed by atoms with Gasteiger partial charge in [-0.05, 0) is 43.5 Å². The van der Waals surface area contributed by atoms with Crippen LogP contribution in [0.5, 0.6) is 6.01 Å². The lowest BCUT2D eigenvalue weighted by Gasteiger charge is -2.06. The van der Waals surface area contributed by atoms with Gasteiger partial charge in [0.15, 0.2) is 5.82 Å². The summed E-state index contributed by atoms with van der Waals surface area (Å²) in [6, 6.07) is 8.21. The number of halogens is 2. The van der Waals surface area contributed by atoms with Gasteiger partial charge in [-0.2, -0.15) is 0 Å². The molecule has 110 valence electrons. The standard InChI is InChI=1S/C15H10Br2N4O/c16-12-5-18-14(19-6-12)11-3-1-2-10(4-11)9-22-15-20-7-13(17)8-21-15/h1-8H,9H2. The number of ether oxygens (including phenoxy) is 1. The van der Waals surface area contributed by atoms with Crippen LogP contribution in [0.4, 0.5) is 0 Å². The predicted octanol–water partition coefficient (Wildman–Crippen LogP) is 4.04. The van der Waals surface area contributed by atoms with Crippen molar-refractivity contribution >= 4 is 31.9 Å². The van der Waals surface area contributed by atoms with Crippen molar-refractivity contribution in [2.24, 2.45) is 0 Å². The molecular formula is C15H10Br2N4O. The van der Waals surface area contributed by atoms with Crippen molar-refractivity contribution in [3.05, 3.63) is 63.6 Å². The number of benzene rings is 1. The van der Waals surface area contributed by atoms with Crippen LogP contribution in [-0.4, -0.2) is 19.9 Å². The van der Waals surface area contributed by atoms with E-state index >= 15 is 0 Å². The van der Waals surface area contributed by atoms with Gasteiger partial charge in [-0.25, -0.2) is 19.9 Å². The molecule has 5 nitrogen and oxygen atoms in total. The van der Waals surface area contributed by atoms with E-state index in [1.807, 2.05) is 24.3 Å². The normalized spacial score (nSPS) is 10.5. The smallest absolute Gasteiger partial charge is 0.316 e. The fourth-order valence-electron chi connectivity index (χ4n) is 1.78. The Labute approximate surface area is 144 Å². The third-order valence-electron chi connectivity index (χ3n) is 2.77. The highest BCUT2D eigenvalue weighted by molar-refractivity contribution is 9.10. The molecule has 3 rings (SSSR count). The molecule has 0 saturated carbocycles. The lowest BCUT2D eigenvalue weighted by atomic mass is 10.1. The molecule has 0 aliphatic carbocycles. The Balaban J connectivity index is 1.73. The van der Waals surface area contributed by atoms with Gasteiger partial charge in [-0.15, -0.1) is 0 Å². The summed E-state index contributed by atoms with van der Waals surface area (Å²) >= 11 is 6.61. The van der Waals surface area contributed by atoms with Crippen LogP contribution < -0.4 is 4.74 Å². The predicted molar refractivity (Wildman–Crippen MR) is 89.2 cm³/mol. The molecule has 0 N–H and O–H groups in total. The molecule has 0 unspecified atom stereocenters. The van der Waals surface area contributed by atoms with Crippen LogP contribution in [-0.2, 0) is 6.61 Å². The average molecular weight is 422 g/mol. The summed E-state index contributed by atoms with van der Waals surface area (Å²) in [6.45, 7) is 0.381. The minimum atomic E-state index is 0.341. The molecule has 3 aromatic rings. The molecule has 0 atom stereocenters. The van der Waals surface area contributed by atoms with Gasteiger partial charge < -0.3 is 4.74 Å². The minimum Gasteiger partial charge on any atom is -0.459 e. The molecule has 0 saturated heterocycles. The fourth-order valence-corrected chi connectivity index (χ4v) is 2.19. The van der Waals surface area contributed by atoms with E-state index in [-0.39, 0.29) is 0 Å². The number of nitrogens with zero attached hydrogens (tertiary/aromatic N) is 4. The van der Waals surface area contributed by atoms with Gasteiger partial charge in [0.25, 0.3) is 0 Å². The Bertz CT molecular complexity index is 763. The first kappa shape index (κ1) is 15.1.